The Morgan fingerprint density at radius 2 is 1.15 bits per heavy atom. The lowest BCUT2D eigenvalue weighted by molar-refractivity contribution is -0.393. The molecule has 2 aliphatic carbocycles. The van der Waals surface area contributed by atoms with Gasteiger partial charge in [0.05, 0.1) is 15.9 Å². The fourth-order valence-corrected chi connectivity index (χ4v) is 4.34. The summed E-state index contributed by atoms with van der Waals surface area (Å²) in [6.07, 6.45) is 10.7. The number of benzene rings is 1. The van der Waals surface area contributed by atoms with E-state index in [0.29, 0.717) is 16.9 Å². The van der Waals surface area contributed by atoms with E-state index >= 15 is 0 Å². The minimum atomic E-state index is -0.518. The zero-order chi connectivity index (χ0) is 19.4. The van der Waals surface area contributed by atoms with Crippen molar-refractivity contribution in [3.8, 4) is 0 Å². The van der Waals surface area contributed by atoms with Crippen LogP contribution in [0.4, 0.5) is 22.7 Å². The number of nitro groups is 2. The second kappa shape index (κ2) is 8.54. The number of hydrogen-bond donors (Lipinski definition) is 2. The summed E-state index contributed by atoms with van der Waals surface area (Å²) in [5.41, 5.74) is 1.01. The molecule has 3 rings (SSSR count). The molecule has 0 aliphatic heterocycles. The molecule has 27 heavy (non-hydrogen) atoms. The monoisotopic (exact) mass is 376 g/mol. The first-order chi connectivity index (χ1) is 13.0. The van der Waals surface area contributed by atoms with E-state index in [4.69, 9.17) is 0 Å². The Hall–Kier alpha value is -2.38. The van der Waals surface area contributed by atoms with Gasteiger partial charge in [-0.3, -0.25) is 20.2 Å². The molecule has 8 nitrogen and oxygen atoms in total. The molecule has 148 valence electrons. The first-order valence-corrected chi connectivity index (χ1v) is 9.97. The number of nitrogens with one attached hydrogen (secondary N) is 2. The van der Waals surface area contributed by atoms with Crippen LogP contribution in [0, 0.1) is 27.2 Å². The average molecular weight is 376 g/mol. The number of anilines is 2. The maximum atomic E-state index is 11.6. The zero-order valence-corrected chi connectivity index (χ0v) is 15.8. The molecule has 2 fully saturated rings. The molecular formula is C19H28N4O4. The maximum Gasteiger partial charge on any atom is 0.299 e. The molecule has 0 amide bonds. The summed E-state index contributed by atoms with van der Waals surface area (Å²) in [5.74, 6) is 0. The third-order valence-corrected chi connectivity index (χ3v) is 5.84. The molecule has 0 aromatic heterocycles. The maximum absolute atomic E-state index is 11.6. The van der Waals surface area contributed by atoms with Crippen LogP contribution in [-0.2, 0) is 0 Å². The molecular weight excluding hydrogens is 348 g/mol. The average Bonchev–Trinajstić information content (AvgIpc) is 2.66. The topological polar surface area (TPSA) is 110 Å². The lowest BCUT2D eigenvalue weighted by Crippen LogP contribution is -2.25. The van der Waals surface area contributed by atoms with Crippen molar-refractivity contribution in [2.75, 3.05) is 10.6 Å². The largest absolute Gasteiger partial charge is 0.376 e. The number of nitro benzene ring substituents is 2. The highest BCUT2D eigenvalue weighted by atomic mass is 16.6. The van der Waals surface area contributed by atoms with Crippen LogP contribution < -0.4 is 10.6 Å². The van der Waals surface area contributed by atoms with Crippen LogP contribution in [-0.4, -0.2) is 21.9 Å². The van der Waals surface area contributed by atoms with E-state index in [-0.39, 0.29) is 23.5 Å². The van der Waals surface area contributed by atoms with E-state index in [1.807, 2.05) is 0 Å². The van der Waals surface area contributed by atoms with Crippen molar-refractivity contribution in [3.63, 3.8) is 0 Å². The van der Waals surface area contributed by atoms with Crippen molar-refractivity contribution >= 4 is 22.7 Å². The van der Waals surface area contributed by atoms with Crippen LogP contribution >= 0.6 is 0 Å². The van der Waals surface area contributed by atoms with E-state index in [1.54, 1.807) is 6.92 Å². The molecule has 0 unspecified atom stereocenters. The third kappa shape index (κ3) is 4.48. The Balaban J connectivity index is 1.99. The lowest BCUT2D eigenvalue weighted by Gasteiger charge is -2.27. The Morgan fingerprint density at radius 1 is 0.778 bits per heavy atom. The summed E-state index contributed by atoms with van der Waals surface area (Å²) >= 11 is 0. The van der Waals surface area contributed by atoms with Gasteiger partial charge >= 0.3 is 0 Å². The second-order valence-electron chi connectivity index (χ2n) is 7.76. The molecule has 2 N–H and O–H groups in total. The summed E-state index contributed by atoms with van der Waals surface area (Å²) in [6.45, 7) is 1.75. The van der Waals surface area contributed by atoms with Gasteiger partial charge in [0.15, 0.2) is 0 Å². The van der Waals surface area contributed by atoms with Crippen LogP contribution in [0.2, 0.25) is 0 Å². The van der Waals surface area contributed by atoms with Crippen LogP contribution in [0.15, 0.2) is 6.07 Å². The van der Waals surface area contributed by atoms with Crippen molar-refractivity contribution in [1.82, 2.24) is 0 Å². The highest BCUT2D eigenvalue weighted by molar-refractivity contribution is 5.82. The number of hydrogen-bond acceptors (Lipinski definition) is 6. The standard InChI is InChI=1S/C19H28N4O4/c1-13-18(20-14-8-4-2-5-9-14)16(22(24)25)12-17(23(26)27)19(13)21-15-10-6-3-7-11-15/h12,14-15,20-21H,2-11H2,1H3. The molecule has 0 spiro atoms. The first-order valence-electron chi connectivity index (χ1n) is 9.97. The Bertz CT molecular complexity index is 654. The number of rotatable bonds is 6. The van der Waals surface area contributed by atoms with Gasteiger partial charge in [0.2, 0.25) is 0 Å². The van der Waals surface area contributed by atoms with Crippen molar-refractivity contribution in [3.05, 3.63) is 31.9 Å². The van der Waals surface area contributed by atoms with Crippen LogP contribution in [0.5, 0.6) is 0 Å². The highest BCUT2D eigenvalue weighted by Gasteiger charge is 2.31. The summed E-state index contributed by atoms with van der Waals surface area (Å²) < 4.78 is 0. The van der Waals surface area contributed by atoms with Gasteiger partial charge in [-0.05, 0) is 32.6 Å². The zero-order valence-electron chi connectivity index (χ0n) is 15.8. The van der Waals surface area contributed by atoms with Gasteiger partial charge in [-0.2, -0.15) is 0 Å². The molecule has 2 aliphatic rings. The molecule has 0 bridgehead atoms. The Labute approximate surface area is 159 Å². The van der Waals surface area contributed by atoms with Crippen molar-refractivity contribution in [1.29, 1.82) is 0 Å². The van der Waals surface area contributed by atoms with Crippen LogP contribution in [0.25, 0.3) is 0 Å². The lowest BCUT2D eigenvalue weighted by atomic mass is 9.93. The summed E-state index contributed by atoms with van der Waals surface area (Å²) in [7, 11) is 0. The quantitative estimate of drug-likeness (QED) is 0.515. The second-order valence-corrected chi connectivity index (χ2v) is 7.76. The van der Waals surface area contributed by atoms with E-state index in [0.717, 1.165) is 57.4 Å². The van der Waals surface area contributed by atoms with Crippen molar-refractivity contribution < 1.29 is 9.85 Å². The van der Waals surface area contributed by atoms with E-state index in [1.165, 1.54) is 12.8 Å². The molecule has 1 aromatic rings. The Morgan fingerprint density at radius 3 is 1.48 bits per heavy atom. The highest BCUT2D eigenvalue weighted by Crippen LogP contribution is 2.42. The predicted octanol–water partition coefficient (Wildman–Crippen LogP) is 5.30. The van der Waals surface area contributed by atoms with Gasteiger partial charge in [0.1, 0.15) is 11.4 Å². The molecule has 0 saturated heterocycles. The van der Waals surface area contributed by atoms with Gasteiger partial charge in [-0.15, -0.1) is 0 Å². The normalized spacial score (nSPS) is 18.9. The van der Waals surface area contributed by atoms with Crippen molar-refractivity contribution in [2.45, 2.75) is 83.2 Å². The summed E-state index contributed by atoms with van der Waals surface area (Å²) in [5, 5.41) is 29.9. The molecule has 0 atom stereocenters. The molecule has 1 aromatic carbocycles. The molecule has 2 saturated carbocycles. The van der Waals surface area contributed by atoms with E-state index in [2.05, 4.69) is 10.6 Å². The van der Waals surface area contributed by atoms with Gasteiger partial charge in [-0.25, -0.2) is 0 Å². The summed E-state index contributed by atoms with van der Waals surface area (Å²) in [4.78, 5) is 22.2. The predicted molar refractivity (Wildman–Crippen MR) is 105 cm³/mol. The van der Waals surface area contributed by atoms with Gasteiger partial charge in [0, 0.05) is 17.6 Å². The molecule has 8 heteroatoms. The fourth-order valence-electron chi connectivity index (χ4n) is 4.34. The third-order valence-electron chi connectivity index (χ3n) is 5.84. The molecule has 0 radical (unpaired) electrons. The van der Waals surface area contributed by atoms with E-state index < -0.39 is 9.85 Å². The smallest absolute Gasteiger partial charge is 0.299 e. The first kappa shape index (κ1) is 19.4. The number of nitrogens with zero attached hydrogens (tertiary/aromatic N) is 2. The van der Waals surface area contributed by atoms with Gasteiger partial charge < -0.3 is 10.6 Å². The Kier molecular flexibility index (Phi) is 6.13. The van der Waals surface area contributed by atoms with Gasteiger partial charge in [-0.1, -0.05) is 38.5 Å². The minimum absolute atomic E-state index is 0.181. The van der Waals surface area contributed by atoms with Gasteiger partial charge in [0.25, 0.3) is 11.4 Å². The van der Waals surface area contributed by atoms with Crippen molar-refractivity contribution in [2.24, 2.45) is 0 Å². The fraction of sp³-hybridized carbons (Fsp3) is 0.684. The SMILES string of the molecule is Cc1c(NC2CCCCC2)c([N+](=O)[O-])cc([N+](=O)[O-])c1NC1CCCCC1. The summed E-state index contributed by atoms with van der Waals surface area (Å²) in [6, 6.07) is 1.48. The van der Waals surface area contributed by atoms with Crippen LogP contribution in [0.3, 0.4) is 0 Å². The molecule has 0 heterocycles. The van der Waals surface area contributed by atoms with Crippen LogP contribution in [0.1, 0.15) is 69.8 Å². The minimum Gasteiger partial charge on any atom is -0.376 e. The van der Waals surface area contributed by atoms with E-state index in [9.17, 15) is 20.2 Å².